The summed E-state index contributed by atoms with van der Waals surface area (Å²) in [5.41, 5.74) is -1.03. The molecule has 0 saturated carbocycles. The second-order valence-electron chi connectivity index (χ2n) is 2.40. The first kappa shape index (κ1) is 14.1. The maximum atomic E-state index is 12.8. The molecular formula is C7H5ClF5NO. The van der Waals surface area contributed by atoms with Crippen LogP contribution in [0.2, 0.25) is 0 Å². The smallest absolute Gasteiger partial charge is 0.200 e. The zero-order chi connectivity index (χ0) is 10.9. The lowest BCUT2D eigenvalue weighted by Gasteiger charge is -2.05. The number of benzene rings is 1. The third-order valence-electron chi connectivity index (χ3n) is 1.55. The fourth-order valence-corrected chi connectivity index (χ4v) is 0.879. The van der Waals surface area contributed by atoms with Crippen molar-refractivity contribution in [1.29, 1.82) is 0 Å². The Bertz CT molecular complexity index is 344. The van der Waals surface area contributed by atoms with Gasteiger partial charge in [0.25, 0.3) is 0 Å². The number of halogens is 6. The van der Waals surface area contributed by atoms with E-state index in [1.165, 1.54) is 0 Å². The molecule has 0 atom stereocenters. The fourth-order valence-electron chi connectivity index (χ4n) is 0.879. The summed E-state index contributed by atoms with van der Waals surface area (Å²) in [7, 11) is 0. The summed E-state index contributed by atoms with van der Waals surface area (Å²) in [5, 5.41) is 0. The number of hydrogen-bond donors (Lipinski definition) is 1. The Labute approximate surface area is 87.2 Å². The normalized spacial score (nSPS) is 10.0. The Hall–Kier alpha value is -0.920. The monoisotopic (exact) mass is 249 g/mol. The van der Waals surface area contributed by atoms with Crippen LogP contribution < -0.4 is 18.3 Å². The summed E-state index contributed by atoms with van der Waals surface area (Å²) in [6, 6.07) is 0. The molecule has 0 radical (unpaired) electrons. The predicted octanol–water partition coefficient (Wildman–Crippen LogP) is -1.94. The second kappa shape index (κ2) is 5.24. The van der Waals surface area contributed by atoms with Crippen molar-refractivity contribution in [3.8, 4) is 0 Å². The van der Waals surface area contributed by atoms with Gasteiger partial charge >= 0.3 is 0 Å². The van der Waals surface area contributed by atoms with Crippen molar-refractivity contribution in [2.45, 2.75) is 6.61 Å². The van der Waals surface area contributed by atoms with Crippen LogP contribution in [0.1, 0.15) is 5.56 Å². The highest BCUT2D eigenvalue weighted by atomic mass is 35.5. The lowest BCUT2D eigenvalue weighted by molar-refractivity contribution is -0.695. The highest BCUT2D eigenvalue weighted by Gasteiger charge is 2.25. The topological polar surface area (TPSA) is 36.9 Å². The first-order valence-electron chi connectivity index (χ1n) is 3.38. The Balaban J connectivity index is 0.00000196. The van der Waals surface area contributed by atoms with Crippen LogP contribution in [0.25, 0.3) is 0 Å². The molecule has 1 rings (SSSR count). The summed E-state index contributed by atoms with van der Waals surface area (Å²) in [6.07, 6.45) is 0. The van der Waals surface area contributed by atoms with Crippen LogP contribution in [0, 0.1) is 29.1 Å². The summed E-state index contributed by atoms with van der Waals surface area (Å²) in [6.45, 7) is -0.786. The van der Waals surface area contributed by atoms with Crippen LogP contribution in [0.4, 0.5) is 22.0 Å². The second-order valence-corrected chi connectivity index (χ2v) is 2.40. The van der Waals surface area contributed by atoms with Crippen LogP contribution in [-0.2, 0) is 11.4 Å². The van der Waals surface area contributed by atoms with Gasteiger partial charge in [-0.25, -0.2) is 32.7 Å². The zero-order valence-corrected chi connectivity index (χ0v) is 7.85. The Morgan fingerprint density at radius 2 is 1.13 bits per heavy atom. The minimum atomic E-state index is -2.19. The summed E-state index contributed by atoms with van der Waals surface area (Å²) in [4.78, 5) is 4.05. The largest absolute Gasteiger partial charge is 1.00 e. The first-order chi connectivity index (χ1) is 6.50. The standard InChI is InChI=1S/C7H5F5NO.ClH/c8-3-2(1-14-13)4(9)6(11)7(12)5(3)10;/h1H2,13H3;1H/q+1;/p-1. The molecule has 0 aliphatic rings. The predicted molar refractivity (Wildman–Crippen MR) is 33.9 cm³/mol. The van der Waals surface area contributed by atoms with Gasteiger partial charge in [0.05, 0.1) is 5.56 Å². The molecule has 0 unspecified atom stereocenters. The van der Waals surface area contributed by atoms with Crippen molar-refractivity contribution >= 4 is 0 Å². The molecule has 8 heteroatoms. The molecule has 0 bridgehead atoms. The minimum absolute atomic E-state index is 0. The maximum Gasteiger partial charge on any atom is 0.200 e. The van der Waals surface area contributed by atoms with E-state index in [-0.39, 0.29) is 12.4 Å². The molecule has 3 N–H and O–H groups in total. The third-order valence-corrected chi connectivity index (χ3v) is 1.55. The molecule has 2 nitrogen and oxygen atoms in total. The van der Waals surface area contributed by atoms with Crippen molar-refractivity contribution in [3.63, 3.8) is 0 Å². The van der Waals surface area contributed by atoms with Gasteiger partial charge in [0, 0.05) is 0 Å². The molecule has 0 saturated heterocycles. The summed E-state index contributed by atoms with van der Waals surface area (Å²) in [5.74, 6) is -7.19. The quantitative estimate of drug-likeness (QED) is 0.282. The van der Waals surface area contributed by atoms with Crippen molar-refractivity contribution in [3.05, 3.63) is 34.6 Å². The molecular weight excluding hydrogens is 245 g/mol. The zero-order valence-electron chi connectivity index (χ0n) is 7.09. The number of rotatable bonds is 2. The van der Waals surface area contributed by atoms with Gasteiger partial charge in [-0.15, -0.1) is 0 Å². The molecule has 0 spiro atoms. The van der Waals surface area contributed by atoms with Crippen molar-refractivity contribution in [1.82, 2.24) is 0 Å². The molecule has 0 aliphatic heterocycles. The average Bonchev–Trinajstić information content (AvgIpc) is 2.19. The number of hydrogen-bond acceptors (Lipinski definition) is 1. The average molecular weight is 250 g/mol. The molecule has 0 amide bonds. The van der Waals surface area contributed by atoms with Gasteiger partial charge in [-0.3, -0.25) is 0 Å². The lowest BCUT2D eigenvalue weighted by atomic mass is 10.2. The maximum absolute atomic E-state index is 12.8. The molecule has 15 heavy (non-hydrogen) atoms. The Morgan fingerprint density at radius 1 is 0.800 bits per heavy atom. The van der Waals surface area contributed by atoms with Crippen molar-refractivity contribution in [2.75, 3.05) is 0 Å². The fraction of sp³-hybridized carbons (Fsp3) is 0.143. The molecule has 86 valence electrons. The SMILES string of the molecule is [Cl-].[NH3+]OCc1c(F)c(F)c(F)c(F)c1F. The molecule has 0 heterocycles. The third kappa shape index (κ3) is 2.36. The Kier molecular flexibility index (Phi) is 4.92. The van der Waals surface area contributed by atoms with E-state index in [4.69, 9.17) is 0 Å². The van der Waals surface area contributed by atoms with Crippen molar-refractivity contribution in [2.24, 2.45) is 0 Å². The molecule has 0 aliphatic carbocycles. The van der Waals surface area contributed by atoms with Gasteiger partial charge in [0.2, 0.25) is 5.82 Å². The van der Waals surface area contributed by atoms with Crippen LogP contribution in [0.15, 0.2) is 0 Å². The van der Waals surface area contributed by atoms with Gasteiger partial charge in [0.15, 0.2) is 23.3 Å². The van der Waals surface area contributed by atoms with Crippen LogP contribution in [-0.4, -0.2) is 0 Å². The van der Waals surface area contributed by atoms with Crippen LogP contribution in [0.5, 0.6) is 0 Å². The molecule has 1 aromatic carbocycles. The summed E-state index contributed by atoms with van der Waals surface area (Å²) >= 11 is 0. The summed E-state index contributed by atoms with van der Waals surface area (Å²) < 4.78 is 63.0. The van der Waals surface area contributed by atoms with E-state index in [1.807, 2.05) is 0 Å². The van der Waals surface area contributed by atoms with E-state index in [1.54, 1.807) is 0 Å². The van der Waals surface area contributed by atoms with E-state index >= 15 is 0 Å². The highest BCUT2D eigenvalue weighted by Crippen LogP contribution is 2.22. The van der Waals surface area contributed by atoms with E-state index < -0.39 is 41.3 Å². The van der Waals surface area contributed by atoms with Gasteiger partial charge in [-0.1, -0.05) is 0 Å². The van der Waals surface area contributed by atoms with Gasteiger partial charge in [-0.05, 0) is 0 Å². The minimum Gasteiger partial charge on any atom is -1.00 e. The van der Waals surface area contributed by atoms with Crippen molar-refractivity contribution < 1.29 is 45.1 Å². The van der Waals surface area contributed by atoms with Gasteiger partial charge < -0.3 is 12.4 Å². The first-order valence-corrected chi connectivity index (χ1v) is 3.38. The number of quaternary nitrogens is 1. The molecule has 0 aromatic heterocycles. The van der Waals surface area contributed by atoms with E-state index in [0.29, 0.717) is 0 Å². The molecule has 0 fully saturated rings. The van der Waals surface area contributed by atoms with E-state index in [2.05, 4.69) is 10.7 Å². The highest BCUT2D eigenvalue weighted by molar-refractivity contribution is 5.23. The van der Waals surface area contributed by atoms with E-state index in [0.717, 1.165) is 0 Å². The van der Waals surface area contributed by atoms with Crippen LogP contribution in [0.3, 0.4) is 0 Å². The lowest BCUT2D eigenvalue weighted by Crippen LogP contribution is -3.00. The molecule has 1 aromatic rings. The Morgan fingerprint density at radius 3 is 1.47 bits per heavy atom. The van der Waals surface area contributed by atoms with Crippen LogP contribution >= 0.6 is 0 Å². The van der Waals surface area contributed by atoms with E-state index in [9.17, 15) is 22.0 Å². The van der Waals surface area contributed by atoms with Gasteiger partial charge in [-0.2, -0.15) is 0 Å². The van der Waals surface area contributed by atoms with Gasteiger partial charge in [0.1, 0.15) is 6.61 Å².